The molecule has 45 heavy (non-hydrogen) atoms. The molecule has 214 valence electrons. The normalized spacial score (nSPS) is 11.5. The monoisotopic (exact) mass is 576 g/mol. The van der Waals surface area contributed by atoms with Gasteiger partial charge in [0.2, 0.25) is 0 Å². The zero-order valence-electron chi connectivity index (χ0n) is 24.3. The average molecular weight is 577 g/mol. The minimum atomic E-state index is 0. The lowest BCUT2D eigenvalue weighted by Gasteiger charge is -2.18. The molecule has 0 atom stereocenters. The van der Waals surface area contributed by atoms with E-state index in [0.29, 0.717) is 0 Å². The number of furan rings is 1. The molecule has 0 amide bonds. The van der Waals surface area contributed by atoms with Gasteiger partial charge in [-0.25, -0.2) is 0 Å². The zero-order chi connectivity index (χ0) is 29.2. The number of fused-ring (bicyclic) bond motifs is 6. The van der Waals surface area contributed by atoms with E-state index in [1.54, 1.807) is 0 Å². The second-order valence-electron chi connectivity index (χ2n) is 11.8. The van der Waals surface area contributed by atoms with Gasteiger partial charge in [0.05, 0.1) is 0 Å². The average Bonchev–Trinajstić information content (AvgIpc) is 3.44. The predicted octanol–water partition coefficient (Wildman–Crippen LogP) is 13.0. The molecule has 0 spiro atoms. The van der Waals surface area contributed by atoms with Crippen LogP contribution in [0.15, 0.2) is 156 Å². The fourth-order valence-corrected chi connectivity index (χ4v) is 7.03. The number of hydrogen-bond donors (Lipinski definition) is 0. The lowest BCUT2D eigenvalue weighted by molar-refractivity contribution is 0.669. The lowest BCUT2D eigenvalue weighted by atomic mass is 9.84. The van der Waals surface area contributed by atoms with Gasteiger partial charge in [-0.05, 0) is 96.9 Å². The van der Waals surface area contributed by atoms with Gasteiger partial charge in [-0.2, -0.15) is 0 Å². The molecule has 0 unspecified atom stereocenters. The van der Waals surface area contributed by atoms with Crippen LogP contribution in [0.2, 0.25) is 0 Å². The summed E-state index contributed by atoms with van der Waals surface area (Å²) in [5, 5.41) is 9.80. The van der Waals surface area contributed by atoms with Crippen LogP contribution in [0.4, 0.5) is 0 Å². The minimum Gasteiger partial charge on any atom is -0.456 e. The third kappa shape index (κ3) is 4.24. The molecule has 8 aromatic carbocycles. The molecule has 0 saturated heterocycles. The van der Waals surface area contributed by atoms with E-state index in [1.165, 1.54) is 60.1 Å². The zero-order valence-corrected chi connectivity index (χ0v) is 24.3. The van der Waals surface area contributed by atoms with Crippen molar-refractivity contribution >= 4 is 54.3 Å². The van der Waals surface area contributed by atoms with E-state index in [1.807, 2.05) is 0 Å². The summed E-state index contributed by atoms with van der Waals surface area (Å²) in [6.07, 6.45) is 0. The van der Waals surface area contributed by atoms with Crippen LogP contribution in [0, 0.1) is 6.92 Å². The van der Waals surface area contributed by atoms with Gasteiger partial charge in [0, 0.05) is 10.8 Å². The number of aryl methyl sites for hydroxylation is 1. The first-order chi connectivity index (χ1) is 21.7. The van der Waals surface area contributed by atoms with Crippen LogP contribution in [-0.4, -0.2) is 0 Å². The molecule has 0 aliphatic carbocycles. The smallest absolute Gasteiger partial charge is 0.136 e. The molecule has 1 heterocycles. The van der Waals surface area contributed by atoms with Crippen molar-refractivity contribution < 1.29 is 4.42 Å². The molecule has 1 aromatic heterocycles. The largest absolute Gasteiger partial charge is 0.456 e. The third-order valence-corrected chi connectivity index (χ3v) is 9.14. The van der Waals surface area contributed by atoms with Crippen molar-refractivity contribution in [3.63, 3.8) is 0 Å². The van der Waals surface area contributed by atoms with E-state index < -0.39 is 0 Å². The van der Waals surface area contributed by atoms with Crippen LogP contribution < -0.4 is 0 Å². The Bertz CT molecular complexity index is 2490. The molecular formula is C44H32O. The van der Waals surface area contributed by atoms with Gasteiger partial charge in [0.15, 0.2) is 0 Å². The van der Waals surface area contributed by atoms with E-state index >= 15 is 0 Å². The van der Waals surface area contributed by atoms with Crippen LogP contribution >= 0.6 is 0 Å². The quantitative estimate of drug-likeness (QED) is 0.191. The summed E-state index contributed by atoms with van der Waals surface area (Å²) in [4.78, 5) is 0. The maximum Gasteiger partial charge on any atom is 0.136 e. The lowest BCUT2D eigenvalue weighted by Crippen LogP contribution is -1.91. The Kier molecular flexibility index (Phi) is 6.29. The topological polar surface area (TPSA) is 13.1 Å². The van der Waals surface area contributed by atoms with Crippen molar-refractivity contribution in [1.82, 2.24) is 0 Å². The fraction of sp³-hybridized carbons (Fsp3) is 0.0455. The Morgan fingerprint density at radius 3 is 1.51 bits per heavy atom. The standard InChI is InChI=1S/C43H28O.CH4/c1-27-17-19-28(20-18-27)30-21-23-33-34-24-22-31(26-41(34)44-40(33)25-30)42-36-12-4-6-14-38(36)43(39-15-7-5-13-37(39)42)35-16-8-10-29-9-2-3-11-32(29)35;/h2-26H,1H3;1H4. The van der Waals surface area contributed by atoms with Crippen molar-refractivity contribution in [1.29, 1.82) is 0 Å². The SMILES string of the molecule is C.Cc1ccc(-c2ccc3c(c2)oc2cc(-c4c5ccccc5c(-c5cccc6ccccc56)c5ccccc45)ccc23)cc1. The summed E-state index contributed by atoms with van der Waals surface area (Å²) in [7, 11) is 0. The van der Waals surface area contributed by atoms with E-state index in [-0.39, 0.29) is 7.43 Å². The van der Waals surface area contributed by atoms with Crippen molar-refractivity contribution in [2.75, 3.05) is 0 Å². The van der Waals surface area contributed by atoms with E-state index in [9.17, 15) is 0 Å². The summed E-state index contributed by atoms with van der Waals surface area (Å²) < 4.78 is 6.57. The molecule has 1 heteroatoms. The highest BCUT2D eigenvalue weighted by molar-refractivity contribution is 6.24. The molecule has 1 nitrogen and oxygen atoms in total. The summed E-state index contributed by atoms with van der Waals surface area (Å²) in [6, 6.07) is 55.0. The molecule has 0 bridgehead atoms. The van der Waals surface area contributed by atoms with Crippen molar-refractivity contribution in [2.45, 2.75) is 14.4 Å². The van der Waals surface area contributed by atoms with Gasteiger partial charge in [0.1, 0.15) is 11.2 Å². The van der Waals surface area contributed by atoms with Crippen LogP contribution in [0.1, 0.15) is 13.0 Å². The maximum absolute atomic E-state index is 6.57. The second-order valence-corrected chi connectivity index (χ2v) is 11.8. The predicted molar refractivity (Wildman–Crippen MR) is 194 cm³/mol. The van der Waals surface area contributed by atoms with Crippen LogP contribution in [0.25, 0.3) is 87.6 Å². The van der Waals surface area contributed by atoms with Gasteiger partial charge < -0.3 is 4.42 Å². The fourth-order valence-electron chi connectivity index (χ4n) is 7.03. The van der Waals surface area contributed by atoms with Gasteiger partial charge in [-0.15, -0.1) is 0 Å². The highest BCUT2D eigenvalue weighted by Gasteiger charge is 2.19. The van der Waals surface area contributed by atoms with Crippen LogP contribution in [0.5, 0.6) is 0 Å². The first-order valence-corrected chi connectivity index (χ1v) is 15.2. The third-order valence-electron chi connectivity index (χ3n) is 9.14. The Morgan fingerprint density at radius 1 is 0.378 bits per heavy atom. The van der Waals surface area contributed by atoms with Gasteiger partial charge in [-0.3, -0.25) is 0 Å². The van der Waals surface area contributed by atoms with Crippen LogP contribution in [0.3, 0.4) is 0 Å². The first kappa shape index (κ1) is 26.9. The van der Waals surface area contributed by atoms with Crippen molar-refractivity contribution in [3.05, 3.63) is 157 Å². The molecule has 0 aliphatic rings. The van der Waals surface area contributed by atoms with Crippen molar-refractivity contribution in [3.8, 4) is 33.4 Å². The van der Waals surface area contributed by atoms with E-state index in [2.05, 4.69) is 159 Å². The molecule has 0 fully saturated rings. The Balaban J connectivity index is 0.00000300. The number of benzene rings is 8. The molecule has 0 N–H and O–H groups in total. The van der Waals surface area contributed by atoms with Crippen molar-refractivity contribution in [2.24, 2.45) is 0 Å². The first-order valence-electron chi connectivity index (χ1n) is 15.2. The highest BCUT2D eigenvalue weighted by atomic mass is 16.3. The molecule has 9 aromatic rings. The van der Waals surface area contributed by atoms with E-state index in [4.69, 9.17) is 4.42 Å². The summed E-state index contributed by atoms with van der Waals surface area (Å²) >= 11 is 0. The number of rotatable bonds is 3. The van der Waals surface area contributed by atoms with E-state index in [0.717, 1.165) is 33.1 Å². The molecule has 9 rings (SSSR count). The molecule has 0 radical (unpaired) electrons. The van der Waals surface area contributed by atoms with Crippen LogP contribution in [-0.2, 0) is 0 Å². The van der Waals surface area contributed by atoms with Gasteiger partial charge >= 0.3 is 0 Å². The summed E-state index contributed by atoms with van der Waals surface area (Å²) in [6.45, 7) is 2.12. The van der Waals surface area contributed by atoms with Gasteiger partial charge in [-0.1, -0.05) is 140 Å². The Labute approximate surface area is 263 Å². The second kappa shape index (κ2) is 10.5. The molecule has 0 aliphatic heterocycles. The van der Waals surface area contributed by atoms with Gasteiger partial charge in [0.25, 0.3) is 0 Å². The summed E-state index contributed by atoms with van der Waals surface area (Å²) in [5.74, 6) is 0. The number of hydrogen-bond acceptors (Lipinski definition) is 1. The maximum atomic E-state index is 6.57. The minimum absolute atomic E-state index is 0. The molecular weight excluding hydrogens is 544 g/mol. The Morgan fingerprint density at radius 2 is 0.867 bits per heavy atom. The molecule has 0 saturated carbocycles. The highest BCUT2D eigenvalue weighted by Crippen LogP contribution is 2.46. The summed E-state index contributed by atoms with van der Waals surface area (Å²) in [5.41, 5.74) is 10.4. The Hall–Kier alpha value is -5.66.